The Kier molecular flexibility index (Phi) is 3.87. The summed E-state index contributed by atoms with van der Waals surface area (Å²) in [4.78, 5) is 10.8. The zero-order valence-electron chi connectivity index (χ0n) is 8.25. The Bertz CT molecular complexity index is 400. The number of carboxylic acid groups (broad SMARTS) is 1. The van der Waals surface area contributed by atoms with Gasteiger partial charge in [-0.25, -0.2) is 4.79 Å². The van der Waals surface area contributed by atoms with E-state index in [1.54, 1.807) is 0 Å². The lowest BCUT2D eigenvalue weighted by Crippen LogP contribution is -2.19. The van der Waals surface area contributed by atoms with Gasteiger partial charge >= 0.3 is 12.1 Å². The molecular formula is C9H9F3INO2. The fourth-order valence-corrected chi connectivity index (χ4v) is 2.01. The average Bonchev–Trinajstić information content (AvgIpc) is 2.44. The molecule has 0 aliphatic carbocycles. The van der Waals surface area contributed by atoms with Crippen LogP contribution in [0.2, 0.25) is 0 Å². The van der Waals surface area contributed by atoms with Crippen LogP contribution in [0.25, 0.3) is 0 Å². The molecule has 0 fully saturated rings. The van der Waals surface area contributed by atoms with Crippen molar-refractivity contribution in [2.45, 2.75) is 25.6 Å². The summed E-state index contributed by atoms with van der Waals surface area (Å²) in [6, 6.07) is 0.421. The number of hydrogen-bond acceptors (Lipinski definition) is 1. The Labute approximate surface area is 103 Å². The molecule has 3 nitrogen and oxygen atoms in total. The van der Waals surface area contributed by atoms with Crippen molar-refractivity contribution in [3.05, 3.63) is 21.5 Å². The maximum absolute atomic E-state index is 12.2. The highest BCUT2D eigenvalue weighted by molar-refractivity contribution is 14.1. The van der Waals surface area contributed by atoms with Crippen LogP contribution in [0, 0.1) is 3.57 Å². The third kappa shape index (κ3) is 3.39. The molecular weight excluding hydrogens is 338 g/mol. The second kappa shape index (κ2) is 4.64. The van der Waals surface area contributed by atoms with E-state index in [0.29, 0.717) is 3.57 Å². The Morgan fingerprint density at radius 3 is 2.62 bits per heavy atom. The van der Waals surface area contributed by atoms with Gasteiger partial charge in [-0.1, -0.05) is 0 Å². The second-order valence-electron chi connectivity index (χ2n) is 3.42. The molecule has 0 bridgehead atoms. The van der Waals surface area contributed by atoms with Crippen LogP contribution in [0.15, 0.2) is 12.3 Å². The first-order valence-electron chi connectivity index (χ1n) is 4.38. The molecule has 1 heterocycles. The summed E-state index contributed by atoms with van der Waals surface area (Å²) in [5.41, 5.74) is -0.124. The number of hydrogen-bond donors (Lipinski definition) is 1. The highest BCUT2D eigenvalue weighted by Crippen LogP contribution is 2.29. The van der Waals surface area contributed by atoms with E-state index in [4.69, 9.17) is 5.11 Å². The molecule has 1 aromatic rings. The molecule has 1 rings (SSSR count). The monoisotopic (exact) mass is 347 g/mol. The summed E-state index contributed by atoms with van der Waals surface area (Å²) < 4.78 is 38.2. The largest absolute Gasteiger partial charge is 0.477 e. The first-order valence-corrected chi connectivity index (χ1v) is 5.46. The lowest BCUT2D eigenvalue weighted by Gasteiger charge is -2.17. The van der Waals surface area contributed by atoms with Crippen LogP contribution < -0.4 is 0 Å². The van der Waals surface area contributed by atoms with Crippen molar-refractivity contribution in [1.29, 1.82) is 0 Å². The molecule has 0 saturated carbocycles. The number of alkyl halides is 3. The molecule has 1 unspecified atom stereocenters. The number of halogens is 4. The lowest BCUT2D eigenvalue weighted by molar-refractivity contribution is -0.141. The van der Waals surface area contributed by atoms with Crippen molar-refractivity contribution < 1.29 is 23.1 Å². The Balaban J connectivity index is 2.99. The van der Waals surface area contributed by atoms with Crippen LogP contribution in [0.3, 0.4) is 0 Å². The minimum atomic E-state index is -4.30. The quantitative estimate of drug-likeness (QED) is 0.853. The van der Waals surface area contributed by atoms with Crippen molar-refractivity contribution in [3.8, 4) is 0 Å². The van der Waals surface area contributed by atoms with Gasteiger partial charge in [-0.15, -0.1) is 0 Å². The number of carboxylic acids is 1. The summed E-state index contributed by atoms with van der Waals surface area (Å²) in [6.45, 7) is 1.34. The predicted molar refractivity (Wildman–Crippen MR) is 59.5 cm³/mol. The molecule has 0 aromatic carbocycles. The van der Waals surface area contributed by atoms with E-state index in [9.17, 15) is 18.0 Å². The molecule has 0 saturated heterocycles. The summed E-state index contributed by atoms with van der Waals surface area (Å²) >= 11 is 1.86. The van der Waals surface area contributed by atoms with Gasteiger partial charge in [0.2, 0.25) is 0 Å². The summed E-state index contributed by atoms with van der Waals surface area (Å²) in [5.74, 6) is -1.23. The van der Waals surface area contributed by atoms with Crippen molar-refractivity contribution in [2.24, 2.45) is 0 Å². The van der Waals surface area contributed by atoms with Gasteiger partial charge < -0.3 is 9.67 Å². The van der Waals surface area contributed by atoms with Gasteiger partial charge in [0.25, 0.3) is 0 Å². The predicted octanol–water partition coefficient (Wildman–Crippen LogP) is 3.30. The maximum atomic E-state index is 12.2. The molecule has 0 amide bonds. The molecule has 0 aliphatic heterocycles. The maximum Gasteiger partial charge on any atom is 0.391 e. The van der Waals surface area contributed by atoms with E-state index in [2.05, 4.69) is 0 Å². The minimum Gasteiger partial charge on any atom is -0.477 e. The van der Waals surface area contributed by atoms with Crippen molar-refractivity contribution in [2.75, 3.05) is 0 Å². The molecule has 0 radical (unpaired) electrons. The standard InChI is InChI=1S/C9H9F3INO2/c1-5(3-9(10,11)12)14-4-6(13)2-7(14)8(15)16/h2,4-5H,3H2,1H3,(H,15,16). The van der Waals surface area contributed by atoms with Crippen LogP contribution >= 0.6 is 22.6 Å². The van der Waals surface area contributed by atoms with E-state index in [1.165, 1.54) is 19.2 Å². The van der Waals surface area contributed by atoms with Gasteiger partial charge in [0, 0.05) is 15.8 Å². The Hall–Kier alpha value is -0.730. The average molecular weight is 347 g/mol. The third-order valence-electron chi connectivity index (χ3n) is 2.04. The van der Waals surface area contributed by atoms with Crippen LogP contribution in [0.1, 0.15) is 29.9 Å². The number of carbonyl (C=O) groups is 1. The topological polar surface area (TPSA) is 42.2 Å². The molecule has 0 aliphatic rings. The third-order valence-corrected chi connectivity index (χ3v) is 2.63. The highest BCUT2D eigenvalue weighted by atomic mass is 127. The molecule has 90 valence electrons. The van der Waals surface area contributed by atoms with Crippen LogP contribution in [-0.4, -0.2) is 21.8 Å². The van der Waals surface area contributed by atoms with E-state index >= 15 is 0 Å². The van der Waals surface area contributed by atoms with E-state index in [1.807, 2.05) is 22.6 Å². The number of aromatic nitrogens is 1. The second-order valence-corrected chi connectivity index (χ2v) is 4.67. The van der Waals surface area contributed by atoms with Crippen LogP contribution in [-0.2, 0) is 0 Å². The van der Waals surface area contributed by atoms with E-state index in [0.717, 1.165) is 4.57 Å². The number of nitrogens with zero attached hydrogens (tertiary/aromatic N) is 1. The summed E-state index contributed by atoms with van der Waals surface area (Å²) in [5, 5.41) is 8.82. The Morgan fingerprint density at radius 2 is 2.19 bits per heavy atom. The first kappa shape index (κ1) is 13.3. The molecule has 1 N–H and O–H groups in total. The van der Waals surface area contributed by atoms with Crippen molar-refractivity contribution >= 4 is 28.6 Å². The SMILES string of the molecule is CC(CC(F)(F)F)n1cc(I)cc1C(=O)O. The van der Waals surface area contributed by atoms with Crippen molar-refractivity contribution in [1.82, 2.24) is 4.57 Å². The molecule has 0 spiro atoms. The smallest absolute Gasteiger partial charge is 0.391 e. The molecule has 1 aromatic heterocycles. The first-order chi connectivity index (χ1) is 7.20. The highest BCUT2D eigenvalue weighted by Gasteiger charge is 2.31. The van der Waals surface area contributed by atoms with E-state index in [-0.39, 0.29) is 5.69 Å². The van der Waals surface area contributed by atoms with Gasteiger partial charge in [0.15, 0.2) is 0 Å². The summed E-state index contributed by atoms with van der Waals surface area (Å²) in [7, 11) is 0. The van der Waals surface area contributed by atoms with Gasteiger partial charge in [0.1, 0.15) is 5.69 Å². The number of rotatable bonds is 3. The number of aromatic carboxylic acids is 1. The van der Waals surface area contributed by atoms with Gasteiger partial charge in [-0.05, 0) is 35.6 Å². The minimum absolute atomic E-state index is 0.124. The van der Waals surface area contributed by atoms with E-state index < -0.39 is 24.6 Å². The van der Waals surface area contributed by atoms with Gasteiger partial charge in [0.05, 0.1) is 6.42 Å². The zero-order valence-corrected chi connectivity index (χ0v) is 10.4. The molecule has 16 heavy (non-hydrogen) atoms. The Morgan fingerprint density at radius 1 is 1.62 bits per heavy atom. The van der Waals surface area contributed by atoms with Crippen molar-refractivity contribution in [3.63, 3.8) is 0 Å². The normalized spacial score (nSPS) is 13.8. The zero-order chi connectivity index (χ0) is 12.5. The molecule has 7 heteroatoms. The van der Waals surface area contributed by atoms with Gasteiger partial charge in [-0.2, -0.15) is 13.2 Å². The lowest BCUT2D eigenvalue weighted by atomic mass is 10.2. The van der Waals surface area contributed by atoms with Crippen LogP contribution in [0.5, 0.6) is 0 Å². The summed E-state index contributed by atoms with van der Waals surface area (Å²) in [6.07, 6.45) is -3.94. The van der Waals surface area contributed by atoms with Crippen LogP contribution in [0.4, 0.5) is 13.2 Å². The fraction of sp³-hybridized carbons (Fsp3) is 0.444. The fourth-order valence-electron chi connectivity index (χ4n) is 1.41. The molecule has 1 atom stereocenters. The van der Waals surface area contributed by atoms with Gasteiger partial charge in [-0.3, -0.25) is 0 Å².